The molecule has 0 saturated carbocycles. The fourth-order valence-electron chi connectivity index (χ4n) is 5.07. The maximum Gasteiger partial charge on any atom is -0.0219 e. The molecule has 0 aromatic heterocycles. The summed E-state index contributed by atoms with van der Waals surface area (Å²) in [5, 5.41) is 0. The lowest BCUT2D eigenvalue weighted by Gasteiger charge is -2.05. The van der Waals surface area contributed by atoms with E-state index in [9.17, 15) is 0 Å². The van der Waals surface area contributed by atoms with Gasteiger partial charge in [-0.1, -0.05) is 194 Å². The quantitative estimate of drug-likeness (QED) is 0.147. The van der Waals surface area contributed by atoms with Gasteiger partial charge in [0.25, 0.3) is 0 Å². The van der Waals surface area contributed by atoms with Crippen LogP contribution in [0.3, 0.4) is 0 Å². The van der Waals surface area contributed by atoms with Crippen LogP contribution in [0.2, 0.25) is 0 Å². The predicted molar refractivity (Wildman–Crippen MR) is 211 cm³/mol. The van der Waals surface area contributed by atoms with Crippen LogP contribution in [0.5, 0.6) is 0 Å². The van der Waals surface area contributed by atoms with Gasteiger partial charge < -0.3 is 0 Å². The van der Waals surface area contributed by atoms with Crippen molar-refractivity contribution in [3.05, 3.63) is 106 Å². The largest absolute Gasteiger partial charge is 0.0654 e. The van der Waals surface area contributed by atoms with Crippen molar-refractivity contribution >= 4 is 0 Å². The van der Waals surface area contributed by atoms with Gasteiger partial charge in [0, 0.05) is 0 Å². The van der Waals surface area contributed by atoms with E-state index in [1.165, 1.54) is 91.2 Å². The highest BCUT2D eigenvalue weighted by atomic mass is 14.0. The van der Waals surface area contributed by atoms with Crippen molar-refractivity contribution in [2.24, 2.45) is 17.8 Å². The molecule has 46 heavy (non-hydrogen) atoms. The monoisotopic (exact) mass is 629 g/mol. The molecule has 0 N–H and O–H groups in total. The lowest BCUT2D eigenvalue weighted by Crippen LogP contribution is -1.93. The molecule has 0 atom stereocenters. The summed E-state index contributed by atoms with van der Waals surface area (Å²) < 4.78 is 0. The van der Waals surface area contributed by atoms with Crippen molar-refractivity contribution in [2.45, 2.75) is 166 Å². The Kier molecular flexibility index (Phi) is 26.3. The van der Waals surface area contributed by atoms with E-state index in [1.54, 1.807) is 0 Å². The smallest absolute Gasteiger partial charge is 0.0219 e. The number of benzene rings is 3. The van der Waals surface area contributed by atoms with E-state index >= 15 is 0 Å². The molecule has 0 fully saturated rings. The lowest BCUT2D eigenvalue weighted by atomic mass is 10.0. The molecule has 0 aliphatic heterocycles. The first-order chi connectivity index (χ1) is 21.9. The van der Waals surface area contributed by atoms with E-state index in [0.29, 0.717) is 5.92 Å². The molecular formula is C46H76. The Hall–Kier alpha value is -2.34. The molecular weight excluding hydrogens is 553 g/mol. The molecule has 0 aliphatic carbocycles. The summed E-state index contributed by atoms with van der Waals surface area (Å²) >= 11 is 0. The molecule has 0 saturated heterocycles. The van der Waals surface area contributed by atoms with Gasteiger partial charge in [0.05, 0.1) is 0 Å². The zero-order chi connectivity index (χ0) is 34.7. The Labute approximate surface area is 289 Å². The van der Waals surface area contributed by atoms with Gasteiger partial charge in [-0.25, -0.2) is 0 Å². The van der Waals surface area contributed by atoms with E-state index in [2.05, 4.69) is 156 Å². The molecule has 0 bridgehead atoms. The minimum atomic E-state index is 0.654. The van der Waals surface area contributed by atoms with Crippen LogP contribution in [0, 0.1) is 17.8 Å². The van der Waals surface area contributed by atoms with Crippen molar-refractivity contribution < 1.29 is 0 Å². The molecule has 0 heterocycles. The Morgan fingerprint density at radius 2 is 0.783 bits per heavy atom. The van der Waals surface area contributed by atoms with E-state index in [-0.39, 0.29) is 0 Å². The fourth-order valence-corrected chi connectivity index (χ4v) is 5.07. The summed E-state index contributed by atoms with van der Waals surface area (Å²) in [5.74, 6) is 3.13. The number of unbranched alkanes of at least 4 members (excludes halogenated alkanes) is 4. The van der Waals surface area contributed by atoms with Gasteiger partial charge in [0.15, 0.2) is 0 Å². The summed E-state index contributed by atoms with van der Waals surface area (Å²) in [7, 11) is 0. The molecule has 0 radical (unpaired) electrons. The summed E-state index contributed by atoms with van der Waals surface area (Å²) in [6.07, 6.45) is 15.7. The van der Waals surface area contributed by atoms with Gasteiger partial charge in [-0.15, -0.1) is 0 Å². The van der Waals surface area contributed by atoms with Gasteiger partial charge in [0.1, 0.15) is 0 Å². The summed E-state index contributed by atoms with van der Waals surface area (Å²) in [4.78, 5) is 0. The Morgan fingerprint density at radius 1 is 0.391 bits per heavy atom. The van der Waals surface area contributed by atoms with Gasteiger partial charge in [-0.3, -0.25) is 0 Å². The van der Waals surface area contributed by atoms with Crippen LogP contribution >= 0.6 is 0 Å². The third-order valence-corrected chi connectivity index (χ3v) is 8.46. The van der Waals surface area contributed by atoms with Gasteiger partial charge in [-0.05, 0) is 95.6 Å². The van der Waals surface area contributed by atoms with Crippen molar-refractivity contribution in [3.63, 3.8) is 0 Å². The van der Waals surface area contributed by atoms with Crippen LogP contribution in [-0.4, -0.2) is 0 Å². The molecule has 0 heteroatoms. The van der Waals surface area contributed by atoms with Crippen LogP contribution in [0.25, 0.3) is 0 Å². The number of rotatable bonds is 15. The SMILES string of the molecule is CCCCCCCC(C)C.CCc1ccc(C(C)C)cc1.CCc1ccc(CC(C)C)cc1.CCc1ccc(CCC(C)C)cc1. The molecule has 3 aromatic carbocycles. The first-order valence-corrected chi connectivity index (χ1v) is 19.2. The zero-order valence-corrected chi connectivity index (χ0v) is 32.7. The van der Waals surface area contributed by atoms with Crippen LogP contribution in [-0.2, 0) is 32.1 Å². The molecule has 3 rings (SSSR count). The van der Waals surface area contributed by atoms with E-state index < -0.39 is 0 Å². The maximum absolute atomic E-state index is 2.31. The number of aryl methyl sites for hydroxylation is 4. The molecule has 0 unspecified atom stereocenters. The van der Waals surface area contributed by atoms with Crippen molar-refractivity contribution in [1.29, 1.82) is 0 Å². The van der Waals surface area contributed by atoms with Crippen LogP contribution < -0.4 is 0 Å². The highest BCUT2D eigenvalue weighted by Gasteiger charge is 1.99. The average Bonchev–Trinajstić information content (AvgIpc) is 3.05. The maximum atomic E-state index is 2.31. The van der Waals surface area contributed by atoms with Crippen molar-refractivity contribution in [2.75, 3.05) is 0 Å². The average molecular weight is 629 g/mol. The molecule has 0 aliphatic rings. The standard InChI is InChI=1S/C13H20.C12H18.C11H16.C10H22/c1-4-12-7-9-13(10-8-12)6-5-11(2)3;1-4-11-5-7-12(8-6-11)9-10(2)3;1-4-10-5-7-11(8-6-10)9(2)3;1-4-5-6-7-8-9-10(2)3/h7-11H,4-6H2,1-3H3;5-8,10H,4,9H2,1-3H3;5-9H,4H2,1-3H3;10H,4-9H2,1-3H3. The van der Waals surface area contributed by atoms with Crippen LogP contribution in [0.1, 0.15) is 167 Å². The molecule has 260 valence electrons. The van der Waals surface area contributed by atoms with Gasteiger partial charge >= 0.3 is 0 Å². The summed E-state index contributed by atoms with van der Waals surface area (Å²) in [5.41, 5.74) is 8.67. The topological polar surface area (TPSA) is 0 Å². The van der Waals surface area contributed by atoms with Crippen molar-refractivity contribution in [1.82, 2.24) is 0 Å². The molecule has 3 aromatic rings. The lowest BCUT2D eigenvalue weighted by molar-refractivity contribution is 0.518. The molecule has 0 spiro atoms. The Balaban J connectivity index is 0.000000590. The van der Waals surface area contributed by atoms with E-state index in [1.807, 2.05) is 0 Å². The third-order valence-electron chi connectivity index (χ3n) is 8.46. The highest BCUT2D eigenvalue weighted by molar-refractivity contribution is 5.25. The highest BCUT2D eigenvalue weighted by Crippen LogP contribution is 2.15. The number of hydrogen-bond donors (Lipinski definition) is 0. The first-order valence-electron chi connectivity index (χ1n) is 19.2. The van der Waals surface area contributed by atoms with Crippen molar-refractivity contribution in [3.8, 4) is 0 Å². The fraction of sp³-hybridized carbons (Fsp3) is 0.609. The Bertz CT molecular complexity index is 1050. The van der Waals surface area contributed by atoms with Crippen LogP contribution in [0.4, 0.5) is 0 Å². The minimum absolute atomic E-state index is 0.654. The molecule has 0 amide bonds. The third kappa shape index (κ3) is 23.9. The van der Waals surface area contributed by atoms with E-state index in [0.717, 1.165) is 37.0 Å². The second-order valence-corrected chi connectivity index (χ2v) is 14.7. The second-order valence-electron chi connectivity index (χ2n) is 14.7. The van der Waals surface area contributed by atoms with Gasteiger partial charge in [0.2, 0.25) is 0 Å². The van der Waals surface area contributed by atoms with Gasteiger partial charge in [-0.2, -0.15) is 0 Å². The normalized spacial score (nSPS) is 10.7. The molecule has 0 nitrogen and oxygen atoms in total. The first kappa shape index (κ1) is 43.7. The summed E-state index contributed by atoms with van der Waals surface area (Å²) in [6, 6.07) is 26.9. The van der Waals surface area contributed by atoms with E-state index in [4.69, 9.17) is 0 Å². The zero-order valence-electron chi connectivity index (χ0n) is 32.7. The predicted octanol–water partition coefficient (Wildman–Crippen LogP) is 14.7. The second kappa shape index (κ2) is 27.7. The number of hydrogen-bond acceptors (Lipinski definition) is 0. The van der Waals surface area contributed by atoms with Crippen LogP contribution in [0.15, 0.2) is 72.8 Å². The minimum Gasteiger partial charge on any atom is -0.0654 e. The Morgan fingerprint density at radius 3 is 1.15 bits per heavy atom. The summed E-state index contributed by atoms with van der Waals surface area (Å²) in [6.45, 7) is 27.0.